The van der Waals surface area contributed by atoms with Crippen LogP contribution in [0.4, 0.5) is 8.78 Å². The molecule has 0 spiro atoms. The van der Waals surface area contributed by atoms with Crippen molar-refractivity contribution in [2.45, 2.75) is 51.8 Å². The molecule has 6 heteroatoms. The summed E-state index contributed by atoms with van der Waals surface area (Å²) in [6, 6.07) is 5.01. The van der Waals surface area contributed by atoms with Crippen molar-refractivity contribution in [3.63, 3.8) is 0 Å². The van der Waals surface area contributed by atoms with Crippen LogP contribution in [0.3, 0.4) is 0 Å². The predicted octanol–water partition coefficient (Wildman–Crippen LogP) is 2.73. The van der Waals surface area contributed by atoms with E-state index >= 15 is 0 Å². The molecule has 0 bridgehead atoms. The number of nitrogens with two attached hydrogens (primary N) is 1. The number of benzene rings is 1. The lowest BCUT2D eigenvalue weighted by molar-refractivity contribution is -0.122. The van der Waals surface area contributed by atoms with Gasteiger partial charge < -0.3 is 15.8 Å². The number of aryl methyl sites for hydroxylation is 1. The minimum absolute atomic E-state index is 0.0856. The molecule has 2 rings (SSSR count). The number of halogens is 2. The number of amides is 1. The fourth-order valence-electron chi connectivity index (χ4n) is 2.88. The highest BCUT2D eigenvalue weighted by atomic mass is 19.3. The predicted molar refractivity (Wildman–Crippen MR) is 79.6 cm³/mol. The van der Waals surface area contributed by atoms with Crippen molar-refractivity contribution < 1.29 is 18.3 Å². The highest BCUT2D eigenvalue weighted by molar-refractivity contribution is 5.76. The molecule has 22 heavy (non-hydrogen) atoms. The van der Waals surface area contributed by atoms with Crippen LogP contribution in [-0.2, 0) is 11.3 Å². The van der Waals surface area contributed by atoms with Crippen LogP contribution in [0.1, 0.15) is 36.8 Å². The molecule has 0 aliphatic heterocycles. The van der Waals surface area contributed by atoms with Crippen molar-refractivity contribution in [3.05, 3.63) is 29.3 Å². The summed E-state index contributed by atoms with van der Waals surface area (Å²) in [5.74, 6) is 0.208. The maximum absolute atomic E-state index is 12.4. The monoisotopic (exact) mass is 312 g/mol. The average Bonchev–Trinajstić information content (AvgIpc) is 2.84. The molecular formula is C16H22F2N2O2. The Morgan fingerprint density at radius 2 is 2.23 bits per heavy atom. The lowest BCUT2D eigenvalue weighted by atomic mass is 10.00. The van der Waals surface area contributed by atoms with Gasteiger partial charge in [0, 0.05) is 24.6 Å². The first kappa shape index (κ1) is 16.7. The third-order valence-corrected chi connectivity index (χ3v) is 4.07. The first-order valence-corrected chi connectivity index (χ1v) is 7.52. The summed E-state index contributed by atoms with van der Waals surface area (Å²) < 4.78 is 29.3. The van der Waals surface area contributed by atoms with Crippen LogP contribution in [0.2, 0.25) is 0 Å². The third-order valence-electron chi connectivity index (χ3n) is 4.07. The molecule has 3 N–H and O–H groups in total. The standard InChI is InChI=1S/C16H22F2N2O2/c1-10-5-6-14(22-16(17)18)12(7-10)9-20-15(21)8-11-3-2-4-13(11)19/h5-7,11,13,16H,2-4,8-9,19H2,1H3,(H,20,21)/t11-,13+/m0/s1. The van der Waals surface area contributed by atoms with Gasteiger partial charge in [-0.25, -0.2) is 0 Å². The molecular weight excluding hydrogens is 290 g/mol. The smallest absolute Gasteiger partial charge is 0.387 e. The maximum Gasteiger partial charge on any atom is 0.387 e. The van der Waals surface area contributed by atoms with Crippen LogP contribution in [-0.4, -0.2) is 18.6 Å². The molecule has 1 aromatic rings. The Bertz CT molecular complexity index is 523. The topological polar surface area (TPSA) is 64.3 Å². The highest BCUT2D eigenvalue weighted by Crippen LogP contribution is 2.27. The van der Waals surface area contributed by atoms with Crippen molar-refractivity contribution in [1.29, 1.82) is 0 Å². The van der Waals surface area contributed by atoms with E-state index in [0.29, 0.717) is 12.0 Å². The number of carbonyl (C=O) groups excluding carboxylic acids is 1. The van der Waals surface area contributed by atoms with Gasteiger partial charge in [0.1, 0.15) is 5.75 Å². The van der Waals surface area contributed by atoms with E-state index < -0.39 is 6.61 Å². The second kappa shape index (κ2) is 7.54. The maximum atomic E-state index is 12.4. The quantitative estimate of drug-likeness (QED) is 0.849. The van der Waals surface area contributed by atoms with E-state index in [2.05, 4.69) is 10.1 Å². The Hall–Kier alpha value is -1.69. The molecule has 2 atom stereocenters. The van der Waals surface area contributed by atoms with Gasteiger partial charge in [-0.1, -0.05) is 24.1 Å². The number of alkyl halides is 2. The van der Waals surface area contributed by atoms with Gasteiger partial charge in [0.05, 0.1) is 0 Å². The molecule has 1 amide bonds. The van der Waals surface area contributed by atoms with Crippen LogP contribution in [0, 0.1) is 12.8 Å². The molecule has 0 unspecified atom stereocenters. The fourth-order valence-corrected chi connectivity index (χ4v) is 2.88. The van der Waals surface area contributed by atoms with E-state index in [1.165, 1.54) is 6.07 Å². The summed E-state index contributed by atoms with van der Waals surface area (Å²) in [5, 5.41) is 2.77. The van der Waals surface area contributed by atoms with Crippen LogP contribution in [0.25, 0.3) is 0 Å². The van der Waals surface area contributed by atoms with Crippen molar-refractivity contribution >= 4 is 5.91 Å². The minimum Gasteiger partial charge on any atom is -0.434 e. The second-order valence-electron chi connectivity index (χ2n) is 5.83. The first-order valence-electron chi connectivity index (χ1n) is 7.52. The zero-order valence-electron chi connectivity index (χ0n) is 12.6. The second-order valence-corrected chi connectivity index (χ2v) is 5.83. The molecule has 1 aliphatic carbocycles. The lowest BCUT2D eigenvalue weighted by Crippen LogP contribution is -2.31. The van der Waals surface area contributed by atoms with Gasteiger partial charge in [-0.3, -0.25) is 4.79 Å². The molecule has 1 saturated carbocycles. The average molecular weight is 312 g/mol. The van der Waals surface area contributed by atoms with E-state index in [-0.39, 0.29) is 30.2 Å². The summed E-state index contributed by atoms with van der Waals surface area (Å²) >= 11 is 0. The highest BCUT2D eigenvalue weighted by Gasteiger charge is 2.26. The minimum atomic E-state index is -2.88. The SMILES string of the molecule is Cc1ccc(OC(F)F)c(CNC(=O)C[C@@H]2CCC[C@H]2N)c1. The normalized spacial score (nSPS) is 21.1. The summed E-state index contributed by atoms with van der Waals surface area (Å²) in [6.07, 6.45) is 3.38. The zero-order valence-corrected chi connectivity index (χ0v) is 12.6. The molecule has 0 saturated heterocycles. The van der Waals surface area contributed by atoms with Crippen molar-refractivity contribution in [1.82, 2.24) is 5.32 Å². The van der Waals surface area contributed by atoms with Gasteiger partial charge in [0.2, 0.25) is 5.91 Å². The molecule has 4 nitrogen and oxygen atoms in total. The van der Waals surface area contributed by atoms with Crippen molar-refractivity contribution in [2.75, 3.05) is 0 Å². The first-order chi connectivity index (χ1) is 10.5. The number of hydrogen-bond donors (Lipinski definition) is 2. The van der Waals surface area contributed by atoms with E-state index in [9.17, 15) is 13.6 Å². The summed E-state index contributed by atoms with van der Waals surface area (Å²) in [7, 11) is 0. The van der Waals surface area contributed by atoms with Crippen LogP contribution < -0.4 is 15.8 Å². The molecule has 1 aliphatic rings. The summed E-state index contributed by atoms with van der Waals surface area (Å²) in [4.78, 5) is 12.0. The van der Waals surface area contributed by atoms with Crippen LogP contribution >= 0.6 is 0 Å². The molecule has 1 fully saturated rings. The van der Waals surface area contributed by atoms with Crippen LogP contribution in [0.15, 0.2) is 18.2 Å². The molecule has 0 heterocycles. The lowest BCUT2D eigenvalue weighted by Gasteiger charge is -2.16. The summed E-state index contributed by atoms with van der Waals surface area (Å²) in [5.41, 5.74) is 7.42. The van der Waals surface area contributed by atoms with Crippen molar-refractivity contribution in [2.24, 2.45) is 11.7 Å². The fraction of sp³-hybridized carbons (Fsp3) is 0.562. The largest absolute Gasteiger partial charge is 0.434 e. The van der Waals surface area contributed by atoms with Crippen LogP contribution in [0.5, 0.6) is 5.75 Å². The van der Waals surface area contributed by atoms with Gasteiger partial charge in [0.15, 0.2) is 0 Å². The van der Waals surface area contributed by atoms with E-state index in [1.54, 1.807) is 12.1 Å². The van der Waals surface area contributed by atoms with Gasteiger partial charge in [-0.15, -0.1) is 0 Å². The number of carbonyl (C=O) groups is 1. The summed E-state index contributed by atoms with van der Waals surface area (Å²) in [6.45, 7) is -0.854. The van der Waals surface area contributed by atoms with Gasteiger partial charge in [0.25, 0.3) is 0 Å². The molecule has 122 valence electrons. The molecule has 1 aromatic carbocycles. The van der Waals surface area contributed by atoms with E-state index in [0.717, 1.165) is 24.8 Å². The third kappa shape index (κ3) is 4.66. The number of ether oxygens (including phenoxy) is 1. The molecule has 0 aromatic heterocycles. The Morgan fingerprint density at radius 1 is 1.45 bits per heavy atom. The number of hydrogen-bond acceptors (Lipinski definition) is 3. The zero-order chi connectivity index (χ0) is 16.1. The Kier molecular flexibility index (Phi) is 5.71. The number of nitrogens with one attached hydrogen (secondary N) is 1. The van der Waals surface area contributed by atoms with E-state index in [4.69, 9.17) is 5.73 Å². The van der Waals surface area contributed by atoms with Crippen molar-refractivity contribution in [3.8, 4) is 5.75 Å². The Labute approximate surface area is 129 Å². The molecule has 0 radical (unpaired) electrons. The van der Waals surface area contributed by atoms with Gasteiger partial charge in [-0.05, 0) is 31.7 Å². The van der Waals surface area contributed by atoms with Gasteiger partial charge in [-0.2, -0.15) is 8.78 Å². The Balaban J connectivity index is 1.92. The van der Waals surface area contributed by atoms with E-state index in [1.807, 2.05) is 6.92 Å². The Morgan fingerprint density at radius 3 is 2.86 bits per heavy atom. The van der Waals surface area contributed by atoms with Gasteiger partial charge >= 0.3 is 6.61 Å². The number of rotatable bonds is 6.